The second-order valence-electron chi connectivity index (χ2n) is 10.3. The molecule has 0 aromatic rings. The summed E-state index contributed by atoms with van der Waals surface area (Å²) in [6.07, 6.45) is 0.435. The number of likely N-dealkylation sites (N-methyl/N-ethyl adjacent to an activating group) is 1. The van der Waals surface area contributed by atoms with E-state index in [1.807, 2.05) is 13.8 Å². The minimum absolute atomic E-state index is 0.0387. The first-order chi connectivity index (χ1) is 19.1. The molecule has 0 aromatic heterocycles. The molecular formula is C25H41N5O11. The molecule has 2 heterocycles. The highest BCUT2D eigenvalue weighted by Gasteiger charge is 2.36. The molecule has 0 bridgehead atoms. The smallest absolute Gasteiger partial charge is 0.346 e. The van der Waals surface area contributed by atoms with E-state index in [2.05, 4.69) is 10.6 Å². The van der Waals surface area contributed by atoms with Crippen LogP contribution in [0.3, 0.4) is 0 Å². The van der Waals surface area contributed by atoms with Crippen LogP contribution >= 0.6 is 0 Å². The molecule has 41 heavy (non-hydrogen) atoms. The normalized spacial score (nSPS) is 20.3. The summed E-state index contributed by atoms with van der Waals surface area (Å²) in [6.45, 7) is 4.10. The van der Waals surface area contributed by atoms with Crippen LogP contribution in [-0.2, 0) is 43.0 Å². The number of ether oxygens (including phenoxy) is 2. The van der Waals surface area contributed by atoms with E-state index in [0.29, 0.717) is 0 Å². The molecule has 5 atom stereocenters. The Balaban J connectivity index is 0.000000895. The van der Waals surface area contributed by atoms with E-state index in [9.17, 15) is 38.7 Å². The Morgan fingerprint density at radius 1 is 1.07 bits per heavy atom. The third-order valence-corrected chi connectivity index (χ3v) is 6.33. The lowest BCUT2D eigenvalue weighted by Crippen LogP contribution is -2.49. The number of aliphatic carboxylic acids is 2. The maximum atomic E-state index is 12.7. The zero-order valence-electron chi connectivity index (χ0n) is 23.5. The van der Waals surface area contributed by atoms with Gasteiger partial charge in [0.2, 0.25) is 17.9 Å². The summed E-state index contributed by atoms with van der Waals surface area (Å²) in [5.74, 6) is -6.08. The fourth-order valence-corrected chi connectivity index (χ4v) is 4.02. The molecule has 16 heteroatoms. The number of amides is 2. The van der Waals surface area contributed by atoms with Gasteiger partial charge in [0.25, 0.3) is 0 Å². The van der Waals surface area contributed by atoms with E-state index >= 15 is 0 Å². The molecular weight excluding hydrogens is 546 g/mol. The number of carboxylic acid groups (broad SMARTS) is 2. The third-order valence-electron chi connectivity index (χ3n) is 6.33. The van der Waals surface area contributed by atoms with Gasteiger partial charge in [-0.05, 0) is 51.6 Å². The van der Waals surface area contributed by atoms with Gasteiger partial charge in [-0.2, -0.15) is 0 Å². The highest BCUT2D eigenvalue weighted by atomic mass is 16.6. The Kier molecular flexibility index (Phi) is 14.9. The van der Waals surface area contributed by atoms with Crippen LogP contribution < -0.4 is 22.1 Å². The number of nitrogens with one attached hydrogen (secondary N) is 2. The number of carboxylic acids is 2. The van der Waals surface area contributed by atoms with E-state index in [1.165, 1.54) is 11.9 Å². The third kappa shape index (κ3) is 13.1. The largest absolute Gasteiger partial charge is 0.480 e. The summed E-state index contributed by atoms with van der Waals surface area (Å²) in [6, 6.07) is -3.47. The summed E-state index contributed by atoms with van der Waals surface area (Å²) < 4.78 is 9.89. The molecule has 2 aliphatic rings. The first-order valence-corrected chi connectivity index (χ1v) is 13.3. The van der Waals surface area contributed by atoms with Crippen molar-refractivity contribution in [2.45, 2.75) is 89.1 Å². The van der Waals surface area contributed by atoms with Gasteiger partial charge in [0.05, 0.1) is 0 Å². The van der Waals surface area contributed by atoms with Gasteiger partial charge in [0.1, 0.15) is 24.2 Å². The van der Waals surface area contributed by atoms with Gasteiger partial charge >= 0.3 is 29.8 Å². The number of carbonyl (C=O) groups is 7. The number of esters is 3. The predicted molar refractivity (Wildman–Crippen MR) is 141 cm³/mol. The van der Waals surface area contributed by atoms with Crippen molar-refractivity contribution in [2.24, 2.45) is 17.4 Å². The van der Waals surface area contributed by atoms with Gasteiger partial charge in [-0.25, -0.2) is 19.2 Å². The number of nitrogens with two attached hydrogens (primary N) is 2. The van der Waals surface area contributed by atoms with Crippen LogP contribution in [0.4, 0.5) is 0 Å². The molecule has 16 nitrogen and oxygen atoms in total. The molecule has 0 aliphatic carbocycles. The molecule has 0 aromatic carbocycles. The number of nitrogens with zero attached hydrogens (tertiary/aromatic N) is 1. The quantitative estimate of drug-likeness (QED) is 0.0958. The lowest BCUT2D eigenvalue weighted by atomic mass is 10.0. The van der Waals surface area contributed by atoms with Crippen LogP contribution in [0.25, 0.3) is 0 Å². The topological polar surface area (TPSA) is 258 Å². The van der Waals surface area contributed by atoms with Crippen molar-refractivity contribution in [1.82, 2.24) is 15.5 Å². The predicted octanol–water partition coefficient (Wildman–Crippen LogP) is -1.91. The lowest BCUT2D eigenvalue weighted by Gasteiger charge is -2.29. The van der Waals surface area contributed by atoms with Gasteiger partial charge in [0, 0.05) is 19.4 Å². The van der Waals surface area contributed by atoms with Crippen LogP contribution in [0.1, 0.15) is 58.8 Å². The molecule has 0 saturated carbocycles. The van der Waals surface area contributed by atoms with Gasteiger partial charge in [-0.1, -0.05) is 13.8 Å². The second-order valence-corrected chi connectivity index (χ2v) is 10.3. The van der Waals surface area contributed by atoms with Crippen molar-refractivity contribution >= 4 is 41.7 Å². The van der Waals surface area contributed by atoms with Gasteiger partial charge in [-0.3, -0.25) is 19.3 Å². The van der Waals surface area contributed by atoms with Crippen LogP contribution in [0.15, 0.2) is 0 Å². The van der Waals surface area contributed by atoms with Crippen LogP contribution in [-0.4, -0.2) is 107 Å². The van der Waals surface area contributed by atoms with Crippen LogP contribution in [0.5, 0.6) is 0 Å². The molecule has 2 amide bonds. The van der Waals surface area contributed by atoms with Crippen LogP contribution in [0.2, 0.25) is 0 Å². The molecule has 0 spiro atoms. The van der Waals surface area contributed by atoms with E-state index < -0.39 is 60.0 Å². The van der Waals surface area contributed by atoms with Crippen molar-refractivity contribution in [3.05, 3.63) is 0 Å². The Labute approximate surface area is 237 Å². The average Bonchev–Trinajstić information content (AvgIpc) is 3.57. The van der Waals surface area contributed by atoms with Gasteiger partial charge < -0.3 is 41.8 Å². The standard InChI is InChI=1S/C20H32N4O9.C5H9NO2/c1-10(2)8-13(20(31)33-18(29)11(21)4-6-15(22)25)24(3)9-14(17(27)28)32-19(30)12-5-7-16(26)23-12;7-5(8)4-2-1-3-6-4/h10-14H,4-9,21H2,1-3H3,(H2,22,25)(H,23,26)(H,27,28);4,6H,1-3H2,(H,7,8)/t11-,12-,13+,14-;4-/m00/s1. The van der Waals surface area contributed by atoms with E-state index in [0.717, 1.165) is 19.4 Å². The molecule has 2 rings (SSSR count). The zero-order chi connectivity index (χ0) is 31.3. The minimum atomic E-state index is -1.63. The monoisotopic (exact) mass is 587 g/mol. The SMILES string of the molecule is CC(C)C[C@H](C(=O)OC(=O)[C@@H](N)CCC(N)=O)N(C)C[C@H](OC(=O)[C@@H]1CCC(=O)N1)C(=O)O.O=C(O)[C@@H]1CCCN1. The number of primary amides is 1. The Bertz CT molecular complexity index is 968. The van der Waals surface area contributed by atoms with E-state index in [4.69, 9.17) is 26.0 Å². The minimum Gasteiger partial charge on any atom is -0.480 e. The Morgan fingerprint density at radius 2 is 1.73 bits per heavy atom. The molecule has 0 radical (unpaired) electrons. The van der Waals surface area contributed by atoms with Crippen molar-refractivity contribution < 1.29 is 53.2 Å². The van der Waals surface area contributed by atoms with Crippen molar-refractivity contribution in [2.75, 3.05) is 20.1 Å². The summed E-state index contributed by atoms with van der Waals surface area (Å²) in [5.41, 5.74) is 10.6. The fourth-order valence-electron chi connectivity index (χ4n) is 4.02. The molecule has 2 saturated heterocycles. The first-order valence-electron chi connectivity index (χ1n) is 13.3. The van der Waals surface area contributed by atoms with Crippen molar-refractivity contribution in [3.8, 4) is 0 Å². The number of hydrogen-bond acceptors (Lipinski definition) is 12. The maximum absolute atomic E-state index is 12.7. The number of rotatable bonds is 14. The fraction of sp³-hybridized carbons (Fsp3) is 0.720. The Hall–Kier alpha value is -3.63. The van der Waals surface area contributed by atoms with Crippen molar-refractivity contribution in [1.29, 1.82) is 0 Å². The van der Waals surface area contributed by atoms with Crippen molar-refractivity contribution in [3.63, 3.8) is 0 Å². The molecule has 0 unspecified atom stereocenters. The molecule has 8 N–H and O–H groups in total. The number of carbonyl (C=O) groups excluding carboxylic acids is 5. The van der Waals surface area contributed by atoms with E-state index in [-0.39, 0.29) is 56.5 Å². The second kappa shape index (κ2) is 17.2. The average molecular weight is 588 g/mol. The zero-order valence-corrected chi connectivity index (χ0v) is 23.5. The molecule has 2 aliphatic heterocycles. The van der Waals surface area contributed by atoms with Gasteiger partial charge in [0.15, 0.2) is 0 Å². The van der Waals surface area contributed by atoms with Gasteiger partial charge in [-0.15, -0.1) is 0 Å². The van der Waals surface area contributed by atoms with E-state index in [1.54, 1.807) is 0 Å². The highest BCUT2D eigenvalue weighted by molar-refractivity contribution is 5.91. The summed E-state index contributed by atoms with van der Waals surface area (Å²) >= 11 is 0. The lowest BCUT2D eigenvalue weighted by molar-refractivity contribution is -0.169. The summed E-state index contributed by atoms with van der Waals surface area (Å²) in [5, 5.41) is 23.1. The molecule has 232 valence electrons. The first kappa shape index (κ1) is 35.4. The summed E-state index contributed by atoms with van der Waals surface area (Å²) in [7, 11) is 1.42. The number of hydrogen-bond donors (Lipinski definition) is 6. The molecule has 2 fully saturated rings. The Morgan fingerprint density at radius 3 is 2.17 bits per heavy atom. The maximum Gasteiger partial charge on any atom is 0.346 e. The van der Waals surface area contributed by atoms with Crippen LogP contribution in [0, 0.1) is 5.92 Å². The summed E-state index contributed by atoms with van der Waals surface area (Å²) in [4.78, 5) is 82.2. The highest BCUT2D eigenvalue weighted by Crippen LogP contribution is 2.16.